The Balaban J connectivity index is 1.78. The van der Waals surface area contributed by atoms with Gasteiger partial charge in [0.1, 0.15) is 10.9 Å². The van der Waals surface area contributed by atoms with E-state index in [2.05, 4.69) is 6.07 Å². The van der Waals surface area contributed by atoms with Crippen LogP contribution in [0.15, 0.2) is 47.4 Å². The molecule has 0 unspecified atom stereocenters. The highest BCUT2D eigenvalue weighted by Crippen LogP contribution is 2.35. The van der Waals surface area contributed by atoms with Gasteiger partial charge in [0.15, 0.2) is 11.5 Å². The molecule has 0 saturated carbocycles. The fraction of sp³-hybridized carbons (Fsp3) is 0.217. The lowest BCUT2D eigenvalue weighted by molar-refractivity contribution is -0.137. The third kappa shape index (κ3) is 5.66. The minimum absolute atomic E-state index is 0.0402. The summed E-state index contributed by atoms with van der Waals surface area (Å²) in [5.41, 5.74) is 2.04. The van der Waals surface area contributed by atoms with Gasteiger partial charge in [0, 0.05) is 12.1 Å². The van der Waals surface area contributed by atoms with Gasteiger partial charge in [-0.15, -0.1) is 0 Å². The van der Waals surface area contributed by atoms with Crippen molar-refractivity contribution in [2.45, 2.75) is 20.0 Å². The molecular formula is C23H20N2O5S2. The van der Waals surface area contributed by atoms with E-state index in [0.29, 0.717) is 32.9 Å². The maximum absolute atomic E-state index is 12.6. The molecule has 1 N–H and O–H groups in total. The molecule has 0 aromatic heterocycles. The second kappa shape index (κ2) is 10.8. The van der Waals surface area contributed by atoms with Crippen LogP contribution in [0.2, 0.25) is 0 Å². The Labute approximate surface area is 195 Å². The summed E-state index contributed by atoms with van der Waals surface area (Å²) in [6.45, 7) is 2.53. The van der Waals surface area contributed by atoms with Gasteiger partial charge >= 0.3 is 5.97 Å². The first-order valence-electron chi connectivity index (χ1n) is 9.77. The molecule has 1 amide bonds. The Morgan fingerprint density at radius 1 is 1.25 bits per heavy atom. The van der Waals surface area contributed by atoms with Crippen molar-refractivity contribution in [1.29, 1.82) is 5.26 Å². The summed E-state index contributed by atoms with van der Waals surface area (Å²) in [6.07, 6.45) is 1.52. The minimum atomic E-state index is -0.989. The number of benzene rings is 2. The molecule has 1 fully saturated rings. The predicted octanol–water partition coefficient (Wildman–Crippen LogP) is 4.21. The molecule has 0 spiro atoms. The van der Waals surface area contributed by atoms with Crippen molar-refractivity contribution in [2.24, 2.45) is 0 Å². The van der Waals surface area contributed by atoms with Gasteiger partial charge in [-0.05, 0) is 36.8 Å². The van der Waals surface area contributed by atoms with Crippen LogP contribution in [0.25, 0.3) is 6.08 Å². The lowest BCUT2D eigenvalue weighted by atomic mass is 10.1. The summed E-state index contributed by atoms with van der Waals surface area (Å²) in [6, 6.07) is 14.7. The van der Waals surface area contributed by atoms with Crippen LogP contribution in [0, 0.1) is 11.3 Å². The number of thiocarbonyl (C=S) groups is 1. The molecule has 1 aliphatic heterocycles. The third-order valence-corrected chi connectivity index (χ3v) is 5.89. The molecule has 3 rings (SSSR count). The van der Waals surface area contributed by atoms with Crippen LogP contribution in [0.1, 0.15) is 30.0 Å². The molecule has 164 valence electrons. The van der Waals surface area contributed by atoms with Gasteiger partial charge in [-0.3, -0.25) is 14.5 Å². The molecule has 0 atom stereocenters. The molecule has 0 radical (unpaired) electrons. The van der Waals surface area contributed by atoms with Gasteiger partial charge in [0.2, 0.25) is 0 Å². The van der Waals surface area contributed by atoms with Crippen molar-refractivity contribution >= 4 is 46.3 Å². The van der Waals surface area contributed by atoms with Crippen molar-refractivity contribution < 1.29 is 24.2 Å². The summed E-state index contributed by atoms with van der Waals surface area (Å²) in [7, 11) is 0. The first-order valence-corrected chi connectivity index (χ1v) is 11.0. The van der Waals surface area contributed by atoms with Crippen molar-refractivity contribution in [3.05, 3.63) is 64.1 Å². The van der Waals surface area contributed by atoms with Crippen LogP contribution < -0.4 is 9.47 Å². The highest BCUT2D eigenvalue weighted by atomic mass is 32.2. The zero-order valence-electron chi connectivity index (χ0n) is 17.2. The molecule has 1 aliphatic rings. The van der Waals surface area contributed by atoms with Crippen LogP contribution in [-0.4, -0.2) is 39.4 Å². The second-order valence-electron chi connectivity index (χ2n) is 6.67. The quantitative estimate of drug-likeness (QED) is 0.432. The van der Waals surface area contributed by atoms with Gasteiger partial charge in [0.05, 0.1) is 29.6 Å². The number of carbonyl (C=O) groups excluding carboxylic acids is 1. The van der Waals surface area contributed by atoms with Crippen LogP contribution in [0.4, 0.5) is 0 Å². The van der Waals surface area contributed by atoms with E-state index in [1.807, 2.05) is 19.1 Å². The predicted molar refractivity (Wildman–Crippen MR) is 125 cm³/mol. The van der Waals surface area contributed by atoms with Gasteiger partial charge < -0.3 is 14.6 Å². The monoisotopic (exact) mass is 468 g/mol. The van der Waals surface area contributed by atoms with Crippen LogP contribution in [0.3, 0.4) is 0 Å². The average Bonchev–Trinajstić information content (AvgIpc) is 3.04. The van der Waals surface area contributed by atoms with E-state index in [-0.39, 0.29) is 25.5 Å². The van der Waals surface area contributed by atoms with Crippen molar-refractivity contribution in [3.8, 4) is 17.6 Å². The molecule has 32 heavy (non-hydrogen) atoms. The Bertz CT molecular complexity index is 1120. The summed E-state index contributed by atoms with van der Waals surface area (Å²) in [4.78, 5) is 25.1. The number of amides is 1. The van der Waals surface area contributed by atoms with E-state index in [1.54, 1.807) is 36.4 Å². The number of aliphatic carboxylic acids is 1. The summed E-state index contributed by atoms with van der Waals surface area (Å²) in [5.74, 6) is -0.271. The zero-order chi connectivity index (χ0) is 23.1. The maximum Gasteiger partial charge on any atom is 0.305 e. The molecule has 2 aromatic rings. The SMILES string of the molecule is CCOc1cc(/C=C2/SC(=S)N(CCC(=O)O)C2=O)ccc1OCc1ccccc1C#N. The molecule has 9 heteroatoms. The largest absolute Gasteiger partial charge is 0.490 e. The number of hydrogen-bond donors (Lipinski definition) is 1. The van der Waals surface area contributed by atoms with Gasteiger partial charge in [-0.1, -0.05) is 48.2 Å². The highest BCUT2D eigenvalue weighted by molar-refractivity contribution is 8.26. The molecule has 7 nitrogen and oxygen atoms in total. The minimum Gasteiger partial charge on any atom is -0.490 e. The standard InChI is InChI=1S/C23H20N2O5S2/c1-2-29-19-11-15(12-20-22(28)25(23(31)32-20)10-9-21(26)27)7-8-18(19)30-14-17-6-4-3-5-16(17)13-24/h3-8,11-12H,2,9-10,14H2,1H3,(H,26,27)/b20-12+. The van der Waals surface area contributed by atoms with Gasteiger partial charge in [-0.2, -0.15) is 5.26 Å². The van der Waals surface area contributed by atoms with E-state index in [9.17, 15) is 14.9 Å². The number of carboxylic acids is 1. The first kappa shape index (κ1) is 23.3. The topological polar surface area (TPSA) is 99.9 Å². The lowest BCUT2D eigenvalue weighted by Crippen LogP contribution is -2.30. The Morgan fingerprint density at radius 2 is 2.03 bits per heavy atom. The number of nitrogens with zero attached hydrogens (tertiary/aromatic N) is 2. The fourth-order valence-electron chi connectivity index (χ4n) is 2.96. The van der Waals surface area contributed by atoms with Gasteiger partial charge in [-0.25, -0.2) is 0 Å². The highest BCUT2D eigenvalue weighted by Gasteiger charge is 2.32. The molecule has 0 bridgehead atoms. The number of hydrogen-bond acceptors (Lipinski definition) is 7. The molecule has 1 saturated heterocycles. The lowest BCUT2D eigenvalue weighted by Gasteiger charge is -2.13. The summed E-state index contributed by atoms with van der Waals surface area (Å²) in [5, 5.41) is 18.1. The Hall–Kier alpha value is -3.35. The number of ether oxygens (including phenoxy) is 2. The van der Waals surface area contributed by atoms with Crippen molar-refractivity contribution in [1.82, 2.24) is 4.90 Å². The van der Waals surface area contributed by atoms with E-state index in [4.69, 9.17) is 26.8 Å². The number of carboxylic acid groups (broad SMARTS) is 1. The van der Waals surface area contributed by atoms with E-state index >= 15 is 0 Å². The van der Waals surface area contributed by atoms with Crippen LogP contribution >= 0.6 is 24.0 Å². The number of carbonyl (C=O) groups is 2. The normalized spacial score (nSPS) is 14.5. The average molecular weight is 469 g/mol. The maximum atomic E-state index is 12.6. The Kier molecular flexibility index (Phi) is 7.87. The van der Waals surface area contributed by atoms with Gasteiger partial charge in [0.25, 0.3) is 5.91 Å². The molecule has 2 aromatic carbocycles. The second-order valence-corrected chi connectivity index (χ2v) is 8.35. The van der Waals surface area contributed by atoms with E-state index in [0.717, 1.165) is 22.9 Å². The number of thioether (sulfide) groups is 1. The van der Waals surface area contributed by atoms with Crippen molar-refractivity contribution in [3.63, 3.8) is 0 Å². The number of rotatable bonds is 9. The molecule has 1 heterocycles. The molecule has 0 aliphatic carbocycles. The number of nitriles is 1. The zero-order valence-corrected chi connectivity index (χ0v) is 18.9. The summed E-state index contributed by atoms with van der Waals surface area (Å²) < 4.78 is 11.9. The van der Waals surface area contributed by atoms with Crippen LogP contribution in [-0.2, 0) is 16.2 Å². The van der Waals surface area contributed by atoms with Crippen molar-refractivity contribution in [2.75, 3.05) is 13.2 Å². The third-order valence-electron chi connectivity index (χ3n) is 4.51. The van der Waals surface area contributed by atoms with E-state index in [1.165, 1.54) is 4.90 Å². The fourth-order valence-corrected chi connectivity index (χ4v) is 4.27. The van der Waals surface area contributed by atoms with E-state index < -0.39 is 5.97 Å². The summed E-state index contributed by atoms with van der Waals surface area (Å²) >= 11 is 6.36. The smallest absolute Gasteiger partial charge is 0.305 e. The Morgan fingerprint density at radius 3 is 2.75 bits per heavy atom. The van der Waals surface area contributed by atoms with Crippen LogP contribution in [0.5, 0.6) is 11.5 Å². The first-order chi connectivity index (χ1) is 15.4. The molecular weight excluding hydrogens is 448 g/mol.